The van der Waals surface area contributed by atoms with Gasteiger partial charge in [0.15, 0.2) is 0 Å². The standard InChI is InChI=1S/C13H16N6/c14-13-16-11(18-15)7-12(17-13)19-6-5-9-3-1-2-4-10(9)8-19/h1-4,7H,5-6,8,15H2,(H3,14,16,17,18). The monoisotopic (exact) mass is 256 g/mol. The van der Waals surface area contributed by atoms with Crippen LogP contribution >= 0.6 is 0 Å². The van der Waals surface area contributed by atoms with Gasteiger partial charge in [-0.05, 0) is 17.5 Å². The summed E-state index contributed by atoms with van der Waals surface area (Å²) >= 11 is 0. The zero-order chi connectivity index (χ0) is 13.2. The fourth-order valence-electron chi connectivity index (χ4n) is 2.38. The highest BCUT2D eigenvalue weighted by Crippen LogP contribution is 2.24. The molecule has 0 amide bonds. The van der Waals surface area contributed by atoms with Gasteiger partial charge in [-0.15, -0.1) is 0 Å². The maximum Gasteiger partial charge on any atom is 0.223 e. The zero-order valence-electron chi connectivity index (χ0n) is 10.5. The Labute approximate surface area is 111 Å². The van der Waals surface area contributed by atoms with E-state index in [0.717, 1.165) is 25.3 Å². The molecule has 0 aliphatic carbocycles. The lowest BCUT2D eigenvalue weighted by Gasteiger charge is -2.29. The van der Waals surface area contributed by atoms with E-state index in [9.17, 15) is 0 Å². The molecule has 1 aromatic carbocycles. The van der Waals surface area contributed by atoms with Crippen LogP contribution in [0.4, 0.5) is 17.6 Å². The van der Waals surface area contributed by atoms with Crippen LogP contribution in [-0.2, 0) is 13.0 Å². The first kappa shape index (κ1) is 11.7. The van der Waals surface area contributed by atoms with Gasteiger partial charge in [0.2, 0.25) is 5.95 Å². The summed E-state index contributed by atoms with van der Waals surface area (Å²) in [5.74, 6) is 6.94. The summed E-state index contributed by atoms with van der Waals surface area (Å²) in [7, 11) is 0. The smallest absolute Gasteiger partial charge is 0.223 e. The first-order chi connectivity index (χ1) is 9.26. The summed E-state index contributed by atoms with van der Waals surface area (Å²) in [5, 5.41) is 0. The Balaban J connectivity index is 1.90. The van der Waals surface area contributed by atoms with Gasteiger partial charge in [-0.1, -0.05) is 24.3 Å². The summed E-state index contributed by atoms with van der Waals surface area (Å²) in [6.07, 6.45) is 1.01. The molecule has 19 heavy (non-hydrogen) atoms. The Morgan fingerprint density at radius 1 is 1.16 bits per heavy atom. The summed E-state index contributed by atoms with van der Waals surface area (Å²) in [4.78, 5) is 10.5. The molecule has 1 aliphatic rings. The van der Waals surface area contributed by atoms with Crippen molar-refractivity contribution in [3.05, 3.63) is 41.5 Å². The number of hydrazine groups is 1. The molecule has 3 rings (SSSR count). The average molecular weight is 256 g/mol. The van der Waals surface area contributed by atoms with Crippen LogP contribution in [0.15, 0.2) is 30.3 Å². The minimum atomic E-state index is 0.226. The average Bonchev–Trinajstić information content (AvgIpc) is 2.46. The van der Waals surface area contributed by atoms with Gasteiger partial charge in [0.05, 0.1) is 0 Å². The number of nitrogens with zero attached hydrogens (tertiary/aromatic N) is 3. The van der Waals surface area contributed by atoms with Crippen molar-refractivity contribution < 1.29 is 0 Å². The largest absolute Gasteiger partial charge is 0.368 e. The lowest BCUT2D eigenvalue weighted by Crippen LogP contribution is -2.31. The van der Waals surface area contributed by atoms with E-state index in [2.05, 4.69) is 44.6 Å². The summed E-state index contributed by atoms with van der Waals surface area (Å²) in [6, 6.07) is 10.3. The number of nitrogen functional groups attached to an aromatic ring is 2. The molecule has 0 saturated carbocycles. The second-order valence-electron chi connectivity index (χ2n) is 4.55. The third kappa shape index (κ3) is 2.30. The maximum absolute atomic E-state index is 5.69. The lowest BCUT2D eigenvalue weighted by atomic mass is 10.00. The highest BCUT2D eigenvalue weighted by atomic mass is 15.3. The summed E-state index contributed by atoms with van der Waals surface area (Å²) < 4.78 is 0. The van der Waals surface area contributed by atoms with E-state index in [1.165, 1.54) is 11.1 Å². The fraction of sp³-hybridized carbons (Fsp3) is 0.231. The van der Waals surface area contributed by atoms with E-state index in [0.29, 0.717) is 5.82 Å². The van der Waals surface area contributed by atoms with Gasteiger partial charge >= 0.3 is 0 Å². The van der Waals surface area contributed by atoms with Crippen molar-refractivity contribution in [3.8, 4) is 0 Å². The highest BCUT2D eigenvalue weighted by Gasteiger charge is 2.17. The highest BCUT2D eigenvalue weighted by molar-refractivity contribution is 5.53. The van der Waals surface area contributed by atoms with Crippen LogP contribution in [0.5, 0.6) is 0 Å². The minimum absolute atomic E-state index is 0.226. The van der Waals surface area contributed by atoms with E-state index < -0.39 is 0 Å². The molecule has 0 unspecified atom stereocenters. The van der Waals surface area contributed by atoms with Gasteiger partial charge in [-0.2, -0.15) is 9.97 Å². The number of nitrogens with two attached hydrogens (primary N) is 2. The number of anilines is 3. The molecule has 2 aromatic rings. The fourth-order valence-corrected chi connectivity index (χ4v) is 2.38. The van der Waals surface area contributed by atoms with Crippen LogP contribution < -0.4 is 21.9 Å². The van der Waals surface area contributed by atoms with Crippen molar-refractivity contribution in [2.45, 2.75) is 13.0 Å². The third-order valence-corrected chi connectivity index (χ3v) is 3.33. The van der Waals surface area contributed by atoms with Crippen LogP contribution in [0, 0.1) is 0 Å². The molecular weight excluding hydrogens is 240 g/mol. The van der Waals surface area contributed by atoms with Crippen molar-refractivity contribution in [2.75, 3.05) is 22.6 Å². The predicted octanol–water partition coefficient (Wildman–Crippen LogP) is 0.907. The van der Waals surface area contributed by atoms with Crippen LogP contribution in [0.25, 0.3) is 0 Å². The van der Waals surface area contributed by atoms with Crippen molar-refractivity contribution >= 4 is 17.6 Å². The quantitative estimate of drug-likeness (QED) is 0.546. The normalized spacial score (nSPS) is 14.1. The van der Waals surface area contributed by atoms with Crippen LogP contribution in [0.3, 0.4) is 0 Å². The van der Waals surface area contributed by atoms with Gasteiger partial charge in [-0.3, -0.25) is 0 Å². The Hall–Kier alpha value is -2.34. The van der Waals surface area contributed by atoms with E-state index in [1.807, 2.05) is 6.07 Å². The van der Waals surface area contributed by atoms with E-state index in [4.69, 9.17) is 11.6 Å². The van der Waals surface area contributed by atoms with Crippen LogP contribution in [-0.4, -0.2) is 16.5 Å². The number of aromatic nitrogens is 2. The van der Waals surface area contributed by atoms with Gasteiger partial charge < -0.3 is 16.1 Å². The molecule has 0 saturated heterocycles. The molecule has 5 N–H and O–H groups in total. The third-order valence-electron chi connectivity index (χ3n) is 3.33. The maximum atomic E-state index is 5.69. The number of hydrogen-bond donors (Lipinski definition) is 3. The molecule has 0 fully saturated rings. The topological polar surface area (TPSA) is 93.1 Å². The van der Waals surface area contributed by atoms with E-state index >= 15 is 0 Å². The van der Waals surface area contributed by atoms with Crippen LogP contribution in [0.1, 0.15) is 11.1 Å². The van der Waals surface area contributed by atoms with E-state index in [-0.39, 0.29) is 5.95 Å². The lowest BCUT2D eigenvalue weighted by molar-refractivity contribution is 0.720. The van der Waals surface area contributed by atoms with Crippen molar-refractivity contribution in [3.63, 3.8) is 0 Å². The minimum Gasteiger partial charge on any atom is -0.368 e. The molecule has 1 aromatic heterocycles. The van der Waals surface area contributed by atoms with Crippen molar-refractivity contribution in [1.82, 2.24) is 9.97 Å². The Morgan fingerprint density at radius 2 is 1.95 bits per heavy atom. The van der Waals surface area contributed by atoms with Gasteiger partial charge in [0.1, 0.15) is 11.6 Å². The number of hydrogen-bond acceptors (Lipinski definition) is 6. The van der Waals surface area contributed by atoms with Crippen molar-refractivity contribution in [2.24, 2.45) is 5.84 Å². The molecule has 0 spiro atoms. The van der Waals surface area contributed by atoms with Crippen LogP contribution in [0.2, 0.25) is 0 Å². The molecule has 98 valence electrons. The summed E-state index contributed by atoms with van der Waals surface area (Å²) in [5.41, 5.74) is 10.9. The number of rotatable bonds is 2. The molecule has 2 heterocycles. The first-order valence-corrected chi connectivity index (χ1v) is 6.19. The molecule has 0 atom stereocenters. The van der Waals surface area contributed by atoms with Gasteiger partial charge in [-0.25, -0.2) is 5.84 Å². The molecule has 1 aliphatic heterocycles. The Morgan fingerprint density at radius 3 is 2.74 bits per heavy atom. The Kier molecular flexibility index (Phi) is 2.92. The van der Waals surface area contributed by atoms with Gasteiger partial charge in [0, 0.05) is 19.2 Å². The molecule has 6 heteroatoms. The number of nitrogens with one attached hydrogen (secondary N) is 1. The summed E-state index contributed by atoms with van der Waals surface area (Å²) in [6.45, 7) is 1.74. The zero-order valence-corrected chi connectivity index (χ0v) is 10.5. The van der Waals surface area contributed by atoms with E-state index in [1.54, 1.807) is 0 Å². The number of benzene rings is 1. The number of fused-ring (bicyclic) bond motifs is 1. The first-order valence-electron chi connectivity index (χ1n) is 6.19. The molecular formula is C13H16N6. The van der Waals surface area contributed by atoms with Crippen molar-refractivity contribution in [1.29, 1.82) is 0 Å². The molecule has 0 radical (unpaired) electrons. The molecule has 6 nitrogen and oxygen atoms in total. The Bertz CT molecular complexity index is 597. The second-order valence-corrected chi connectivity index (χ2v) is 4.55. The second kappa shape index (κ2) is 4.74. The predicted molar refractivity (Wildman–Crippen MR) is 75.5 cm³/mol. The SMILES string of the molecule is NNc1cc(N2CCc3ccccc3C2)nc(N)n1. The van der Waals surface area contributed by atoms with Gasteiger partial charge in [0.25, 0.3) is 0 Å². The molecule has 0 bridgehead atoms.